The van der Waals surface area contributed by atoms with Gasteiger partial charge in [0.1, 0.15) is 5.60 Å². The van der Waals surface area contributed by atoms with Gasteiger partial charge in [-0.2, -0.15) is 18.3 Å². The van der Waals surface area contributed by atoms with E-state index in [-0.39, 0.29) is 5.56 Å². The van der Waals surface area contributed by atoms with Crippen LogP contribution >= 0.6 is 11.6 Å². The van der Waals surface area contributed by atoms with E-state index < -0.39 is 17.3 Å². The molecule has 0 aliphatic rings. The van der Waals surface area contributed by atoms with Gasteiger partial charge in [0.25, 0.3) is 0 Å². The number of ether oxygens (including phenoxy) is 1. The number of alkyl halides is 3. The van der Waals surface area contributed by atoms with Gasteiger partial charge in [-0.05, 0) is 47.0 Å². The molecule has 43 heavy (non-hydrogen) atoms. The number of rotatable bonds is 7. The van der Waals surface area contributed by atoms with E-state index in [2.05, 4.69) is 15.1 Å². The van der Waals surface area contributed by atoms with Gasteiger partial charge in [0.2, 0.25) is 17.8 Å². The summed E-state index contributed by atoms with van der Waals surface area (Å²) in [5.41, 5.74) is 1.50. The van der Waals surface area contributed by atoms with Crippen LogP contribution < -0.4 is 9.42 Å². The molecule has 216 valence electrons. The second-order valence-electron chi connectivity index (χ2n) is 10.0. The molecule has 1 unspecified atom stereocenters. The first-order valence-corrected chi connectivity index (χ1v) is 13.7. The molecule has 2 N–H and O–H groups in total. The van der Waals surface area contributed by atoms with Crippen LogP contribution in [0.25, 0.3) is 16.6 Å². The van der Waals surface area contributed by atoms with Gasteiger partial charge in [0.05, 0.1) is 29.4 Å². The number of hydrogen-bond acceptors (Lipinski definition) is 4. The number of hydrogen-bond donors (Lipinski definition) is 2. The Morgan fingerprint density at radius 2 is 1.63 bits per heavy atom. The van der Waals surface area contributed by atoms with Crippen LogP contribution in [0.2, 0.25) is 5.02 Å². The Balaban J connectivity index is 1.45. The van der Waals surface area contributed by atoms with Gasteiger partial charge in [-0.15, -0.1) is 0 Å². The molecule has 0 bridgehead atoms. The minimum atomic E-state index is -4.51. The van der Waals surface area contributed by atoms with Gasteiger partial charge in [-0.1, -0.05) is 52.7 Å². The summed E-state index contributed by atoms with van der Waals surface area (Å²) >= 11 is 7.02. The number of nitrogens with zero attached hydrogens (tertiary/aromatic N) is 3. The molecule has 0 radical (unpaired) electrons. The molecular weight excluding hydrogens is 577 g/mol. The largest absolute Gasteiger partial charge is 0.481 e. The summed E-state index contributed by atoms with van der Waals surface area (Å²) in [5.74, 6) is 0.373. The molecule has 0 fully saturated rings. The average molecular weight is 602 g/mol. The van der Waals surface area contributed by atoms with Crippen molar-refractivity contribution in [2.45, 2.75) is 18.2 Å². The van der Waals surface area contributed by atoms with Crippen molar-refractivity contribution >= 4 is 22.5 Å². The third-order valence-electron chi connectivity index (χ3n) is 7.44. The number of aliphatic hydroxyl groups is 1. The average Bonchev–Trinajstić information content (AvgIpc) is 3.57. The molecule has 0 amide bonds. The van der Waals surface area contributed by atoms with E-state index >= 15 is 0 Å². The van der Waals surface area contributed by atoms with Crippen molar-refractivity contribution in [3.05, 3.63) is 148 Å². The first-order chi connectivity index (χ1) is 20.7. The van der Waals surface area contributed by atoms with Gasteiger partial charge in [-0.25, -0.2) is 4.98 Å². The van der Waals surface area contributed by atoms with Gasteiger partial charge >= 0.3 is 6.18 Å². The Hall–Kier alpha value is -4.73. The fourth-order valence-corrected chi connectivity index (χ4v) is 5.50. The zero-order valence-corrected chi connectivity index (χ0v) is 23.6. The lowest BCUT2D eigenvalue weighted by molar-refractivity contribution is -0.655. The van der Waals surface area contributed by atoms with Crippen molar-refractivity contribution in [3.63, 3.8) is 0 Å². The Labute approximate surface area is 250 Å². The van der Waals surface area contributed by atoms with Gasteiger partial charge in [0.15, 0.2) is 0 Å². The molecule has 3 aromatic carbocycles. The maximum Gasteiger partial charge on any atom is 0.416 e. The van der Waals surface area contributed by atoms with Crippen LogP contribution in [0.15, 0.2) is 110 Å². The van der Waals surface area contributed by atoms with Crippen LogP contribution in [0.5, 0.6) is 5.88 Å². The van der Waals surface area contributed by atoms with E-state index in [4.69, 9.17) is 16.3 Å². The molecule has 6 rings (SSSR count). The van der Waals surface area contributed by atoms with Crippen LogP contribution in [0, 0.1) is 0 Å². The van der Waals surface area contributed by atoms with Crippen molar-refractivity contribution in [1.29, 1.82) is 0 Å². The molecular formula is C33H25ClF3N4O2+. The highest BCUT2D eigenvalue weighted by molar-refractivity contribution is 6.36. The molecule has 0 saturated heterocycles. The van der Waals surface area contributed by atoms with E-state index in [0.29, 0.717) is 44.9 Å². The summed E-state index contributed by atoms with van der Waals surface area (Å²) in [4.78, 5) is 8.83. The molecule has 0 aliphatic carbocycles. The number of fused-ring (bicyclic) bond motifs is 1. The van der Waals surface area contributed by atoms with Crippen LogP contribution in [0.1, 0.15) is 33.4 Å². The number of aromatic nitrogens is 4. The lowest BCUT2D eigenvalue weighted by Crippen LogP contribution is -2.31. The maximum atomic E-state index is 13.3. The Bertz CT molecular complexity index is 1880. The van der Waals surface area contributed by atoms with Crippen LogP contribution in [-0.2, 0) is 18.2 Å². The summed E-state index contributed by atoms with van der Waals surface area (Å²) in [6, 6.07) is 22.7. The second-order valence-corrected chi connectivity index (χ2v) is 10.4. The minimum absolute atomic E-state index is 0.241. The van der Waals surface area contributed by atoms with Crippen molar-refractivity contribution < 1.29 is 27.7 Å². The van der Waals surface area contributed by atoms with Crippen molar-refractivity contribution in [2.24, 2.45) is 0 Å². The number of benzene rings is 3. The number of halogens is 4. The van der Waals surface area contributed by atoms with E-state index in [1.807, 2.05) is 47.4 Å². The Morgan fingerprint density at radius 3 is 2.26 bits per heavy atom. The summed E-state index contributed by atoms with van der Waals surface area (Å²) in [5, 5.41) is 16.3. The van der Waals surface area contributed by atoms with Crippen molar-refractivity contribution in [3.8, 4) is 11.6 Å². The first kappa shape index (κ1) is 28.4. The quantitative estimate of drug-likeness (QED) is 0.198. The monoisotopic (exact) mass is 601 g/mol. The predicted octanol–water partition coefficient (Wildman–Crippen LogP) is 6.79. The minimum Gasteiger partial charge on any atom is -0.481 e. The fourth-order valence-electron chi connectivity index (χ4n) is 5.20. The predicted molar refractivity (Wildman–Crippen MR) is 156 cm³/mol. The van der Waals surface area contributed by atoms with E-state index in [1.54, 1.807) is 36.5 Å². The SMILES string of the molecule is COc1nc2ccc(C(O)(c3ccc(C(F)(F)F)cc3)c3cccnc3)cc2c(Cl)c1Cc1ccc(-[n+]2ccc[nH]2)cc1. The number of nitrogens with one attached hydrogen (secondary N) is 1. The number of methoxy groups -OCH3 is 1. The summed E-state index contributed by atoms with van der Waals surface area (Å²) in [6.07, 6.45) is 2.70. The van der Waals surface area contributed by atoms with E-state index in [0.717, 1.165) is 23.4 Å². The Morgan fingerprint density at radius 1 is 0.907 bits per heavy atom. The third-order valence-corrected chi connectivity index (χ3v) is 7.87. The number of aromatic amines is 1. The normalized spacial score (nSPS) is 13.2. The fraction of sp³-hybridized carbons (Fsp3) is 0.121. The van der Waals surface area contributed by atoms with E-state index in [9.17, 15) is 18.3 Å². The van der Waals surface area contributed by atoms with Gasteiger partial charge < -0.3 is 9.84 Å². The molecule has 0 spiro atoms. The van der Waals surface area contributed by atoms with Crippen LogP contribution in [-0.4, -0.2) is 27.3 Å². The zero-order valence-electron chi connectivity index (χ0n) is 22.8. The summed E-state index contributed by atoms with van der Waals surface area (Å²) < 4.78 is 47.4. The van der Waals surface area contributed by atoms with Crippen LogP contribution in [0.3, 0.4) is 0 Å². The lowest BCUT2D eigenvalue weighted by Gasteiger charge is -2.30. The highest BCUT2D eigenvalue weighted by Crippen LogP contribution is 2.41. The Kier molecular flexibility index (Phi) is 7.37. The van der Waals surface area contributed by atoms with Gasteiger partial charge in [0, 0.05) is 53.5 Å². The zero-order chi connectivity index (χ0) is 30.2. The third kappa shape index (κ3) is 5.33. The molecule has 1 atom stereocenters. The standard InChI is InChI=1S/C33H24ClF3N4O2/c1-43-31-28(18-21-5-12-26(13-6-21)41-17-3-16-39-41)30(34)27-19-24(11-14-29(27)40-31)32(42,25-4-2-15-38-20-25)22-7-9-23(10-8-22)33(35,36)37/h2-17,19-20,42H,18H2,1H3/p+1. The molecule has 3 aromatic heterocycles. The summed E-state index contributed by atoms with van der Waals surface area (Å²) in [6.45, 7) is 0. The topological polar surface area (TPSA) is 74.9 Å². The molecule has 0 saturated carbocycles. The highest BCUT2D eigenvalue weighted by atomic mass is 35.5. The molecule has 0 aliphatic heterocycles. The number of pyridine rings is 2. The van der Waals surface area contributed by atoms with Crippen molar-refractivity contribution in [2.75, 3.05) is 7.11 Å². The summed E-state index contributed by atoms with van der Waals surface area (Å²) in [7, 11) is 1.53. The van der Waals surface area contributed by atoms with E-state index in [1.165, 1.54) is 25.4 Å². The first-order valence-electron chi connectivity index (χ1n) is 13.3. The molecule has 10 heteroatoms. The molecule has 3 heterocycles. The molecule has 6 nitrogen and oxygen atoms in total. The molecule has 6 aromatic rings. The smallest absolute Gasteiger partial charge is 0.416 e. The number of H-pyrrole nitrogens is 1. The maximum absolute atomic E-state index is 13.3. The van der Waals surface area contributed by atoms with Gasteiger partial charge in [-0.3, -0.25) is 4.98 Å². The second kappa shape index (κ2) is 11.2. The highest BCUT2D eigenvalue weighted by Gasteiger charge is 2.36. The van der Waals surface area contributed by atoms with Crippen LogP contribution in [0.4, 0.5) is 13.2 Å². The lowest BCUT2D eigenvalue weighted by atomic mass is 9.80. The van der Waals surface area contributed by atoms with Crippen molar-refractivity contribution in [1.82, 2.24) is 15.1 Å².